The van der Waals surface area contributed by atoms with E-state index in [4.69, 9.17) is 4.74 Å². The van der Waals surface area contributed by atoms with Crippen LogP contribution in [0.2, 0.25) is 0 Å². The molecule has 27 heavy (non-hydrogen) atoms. The summed E-state index contributed by atoms with van der Waals surface area (Å²) in [6.07, 6.45) is -2.81. The molecular formula is C17H16F3N4O3+. The van der Waals surface area contributed by atoms with Crippen LogP contribution in [0.25, 0.3) is 0 Å². The lowest BCUT2D eigenvalue weighted by Crippen LogP contribution is -2.19. The minimum absolute atomic E-state index is 0.00580. The van der Waals surface area contributed by atoms with Gasteiger partial charge < -0.3 is 10.1 Å². The first-order chi connectivity index (χ1) is 12.6. The van der Waals surface area contributed by atoms with Crippen molar-refractivity contribution in [2.24, 2.45) is 10.1 Å². The van der Waals surface area contributed by atoms with E-state index in [1.54, 1.807) is 13.8 Å². The molecule has 1 aromatic rings. The normalized spacial score (nSPS) is 13.3. The molecule has 0 unspecified atom stereocenters. The molecule has 1 heterocycles. The molecule has 142 valence electrons. The Morgan fingerprint density at radius 1 is 1.30 bits per heavy atom. The van der Waals surface area contributed by atoms with Gasteiger partial charge in [0.15, 0.2) is 0 Å². The van der Waals surface area contributed by atoms with Gasteiger partial charge in [-0.05, 0) is 42.1 Å². The summed E-state index contributed by atoms with van der Waals surface area (Å²) >= 11 is 0. The van der Waals surface area contributed by atoms with Crippen LogP contribution in [0, 0.1) is 0 Å². The van der Waals surface area contributed by atoms with Crippen LogP contribution >= 0.6 is 0 Å². The molecular weight excluding hydrogens is 365 g/mol. The van der Waals surface area contributed by atoms with E-state index in [0.717, 1.165) is 29.2 Å². The number of carbonyl (C=O) groups excluding carboxylic acids is 2. The van der Waals surface area contributed by atoms with E-state index < -0.39 is 23.6 Å². The smallest absolute Gasteiger partial charge is 0.416 e. The fourth-order valence-electron chi connectivity index (χ4n) is 2.04. The SMILES string of the molecule is CNC(=O)c1cc(C2=N[N+](=C=CC(=O)OC(C)C)C=N2)cc(C(F)(F)F)c1. The molecule has 1 aliphatic rings. The second-order valence-electron chi connectivity index (χ2n) is 5.65. The van der Waals surface area contributed by atoms with Crippen LogP contribution in [-0.4, -0.2) is 47.8 Å². The second-order valence-corrected chi connectivity index (χ2v) is 5.65. The Kier molecular flexibility index (Phi) is 5.91. The monoisotopic (exact) mass is 381 g/mol. The van der Waals surface area contributed by atoms with Gasteiger partial charge in [-0.2, -0.15) is 13.2 Å². The number of hydrazone groups is 1. The number of halogens is 3. The number of nitrogens with zero attached hydrogens (tertiary/aromatic N) is 3. The maximum atomic E-state index is 13.1. The Morgan fingerprint density at radius 3 is 2.59 bits per heavy atom. The van der Waals surface area contributed by atoms with Crippen molar-refractivity contribution in [2.75, 3.05) is 7.05 Å². The van der Waals surface area contributed by atoms with E-state index in [0.29, 0.717) is 0 Å². The number of alkyl halides is 3. The van der Waals surface area contributed by atoms with Gasteiger partial charge in [-0.1, -0.05) is 4.68 Å². The lowest BCUT2D eigenvalue weighted by Gasteiger charge is -2.09. The molecule has 0 aromatic heterocycles. The highest BCUT2D eigenvalue weighted by Gasteiger charge is 2.33. The van der Waals surface area contributed by atoms with Gasteiger partial charge in [0.05, 0.1) is 17.2 Å². The molecule has 0 fully saturated rings. The van der Waals surface area contributed by atoms with Crippen molar-refractivity contribution in [1.82, 2.24) is 5.32 Å². The fourth-order valence-corrected chi connectivity index (χ4v) is 2.04. The van der Waals surface area contributed by atoms with Gasteiger partial charge in [0.2, 0.25) is 0 Å². The number of amides is 1. The Hall–Kier alpha value is -3.26. The summed E-state index contributed by atoms with van der Waals surface area (Å²) in [7, 11) is 1.31. The average molecular weight is 381 g/mol. The van der Waals surface area contributed by atoms with Crippen molar-refractivity contribution in [2.45, 2.75) is 26.1 Å². The summed E-state index contributed by atoms with van der Waals surface area (Å²) in [6, 6.07) is 2.82. The molecule has 1 aromatic carbocycles. The standard InChI is InChI=1S/C17H15F3N4O3/c1-10(2)27-14(25)4-5-24-9-22-15(23-24)11-6-12(16(26)21-3)8-13(7-11)17(18,19)20/h4,6-10H,1-3H3/p+1. The van der Waals surface area contributed by atoms with Crippen molar-refractivity contribution in [3.8, 4) is 0 Å². The molecule has 0 atom stereocenters. The Labute approximate surface area is 152 Å². The number of aliphatic imine (C=N–C) groups is 1. The predicted octanol–water partition coefficient (Wildman–Crippen LogP) is 1.96. The predicted molar refractivity (Wildman–Crippen MR) is 90.9 cm³/mol. The number of benzene rings is 1. The van der Waals surface area contributed by atoms with Crippen LogP contribution in [-0.2, 0) is 15.7 Å². The third-order valence-electron chi connectivity index (χ3n) is 3.17. The number of ether oxygens (including phenoxy) is 1. The van der Waals surface area contributed by atoms with Crippen molar-refractivity contribution in [1.29, 1.82) is 0 Å². The summed E-state index contributed by atoms with van der Waals surface area (Å²) in [5, 5.41) is 6.21. The quantitative estimate of drug-likeness (QED) is 0.492. The summed E-state index contributed by atoms with van der Waals surface area (Å²) in [5.74, 6) is 1.08. The van der Waals surface area contributed by atoms with Gasteiger partial charge in [0, 0.05) is 12.6 Å². The molecule has 1 aliphatic heterocycles. The van der Waals surface area contributed by atoms with Crippen LogP contribution in [0.5, 0.6) is 0 Å². The molecule has 0 saturated carbocycles. The molecule has 7 nitrogen and oxygen atoms in total. The number of carbonyl (C=O) groups is 2. The first-order valence-corrected chi connectivity index (χ1v) is 7.77. The third kappa shape index (κ3) is 5.35. The number of hydrogen-bond acceptors (Lipinski definition) is 5. The summed E-state index contributed by atoms with van der Waals surface area (Å²) in [4.78, 5) is 27.1. The van der Waals surface area contributed by atoms with Gasteiger partial charge >= 0.3 is 24.3 Å². The lowest BCUT2D eigenvalue weighted by atomic mass is 10.0. The molecule has 0 aliphatic carbocycles. The summed E-state index contributed by atoms with van der Waals surface area (Å²) in [5.41, 5.74) is -1.19. The second kappa shape index (κ2) is 7.96. The van der Waals surface area contributed by atoms with E-state index >= 15 is 0 Å². The first kappa shape index (κ1) is 20.1. The van der Waals surface area contributed by atoms with E-state index in [1.165, 1.54) is 13.1 Å². The van der Waals surface area contributed by atoms with Crippen LogP contribution < -0.4 is 5.32 Å². The topological polar surface area (TPSA) is 83.1 Å². The Morgan fingerprint density at radius 2 is 2.00 bits per heavy atom. The maximum absolute atomic E-state index is 13.1. The zero-order chi connectivity index (χ0) is 20.2. The minimum Gasteiger partial charge on any atom is -0.459 e. The van der Waals surface area contributed by atoms with E-state index in [2.05, 4.69) is 21.3 Å². The van der Waals surface area contributed by atoms with Gasteiger partial charge in [-0.25, -0.2) is 4.79 Å². The lowest BCUT2D eigenvalue weighted by molar-refractivity contribution is -0.390. The van der Waals surface area contributed by atoms with Crippen molar-refractivity contribution >= 4 is 29.9 Å². The zero-order valence-corrected chi connectivity index (χ0v) is 14.7. The minimum atomic E-state index is -4.64. The van der Waals surface area contributed by atoms with Gasteiger partial charge in [0.1, 0.15) is 11.9 Å². The maximum Gasteiger partial charge on any atom is 0.416 e. The summed E-state index contributed by atoms with van der Waals surface area (Å²) < 4.78 is 45.2. The fraction of sp³-hybridized carbons (Fsp3) is 0.294. The number of hydrogen-bond donors (Lipinski definition) is 1. The van der Waals surface area contributed by atoms with Crippen molar-refractivity contribution in [3.05, 3.63) is 41.0 Å². The molecule has 0 saturated heterocycles. The van der Waals surface area contributed by atoms with E-state index in [9.17, 15) is 22.8 Å². The molecule has 10 heteroatoms. The molecule has 0 bridgehead atoms. The molecule has 2 rings (SSSR count). The van der Waals surface area contributed by atoms with Gasteiger partial charge in [-0.3, -0.25) is 4.79 Å². The van der Waals surface area contributed by atoms with E-state index in [-0.39, 0.29) is 23.1 Å². The highest BCUT2D eigenvalue weighted by Crippen LogP contribution is 2.31. The molecule has 0 radical (unpaired) electrons. The Balaban J connectivity index is 2.41. The van der Waals surface area contributed by atoms with Crippen molar-refractivity contribution < 1.29 is 32.2 Å². The highest BCUT2D eigenvalue weighted by atomic mass is 19.4. The van der Waals surface area contributed by atoms with Crippen LogP contribution in [0.1, 0.15) is 35.3 Å². The van der Waals surface area contributed by atoms with Gasteiger partial charge in [0.25, 0.3) is 5.91 Å². The van der Waals surface area contributed by atoms with Crippen LogP contribution in [0.3, 0.4) is 0 Å². The van der Waals surface area contributed by atoms with Crippen LogP contribution in [0.4, 0.5) is 13.2 Å². The zero-order valence-electron chi connectivity index (χ0n) is 14.7. The molecule has 1 amide bonds. The van der Waals surface area contributed by atoms with Crippen molar-refractivity contribution in [3.63, 3.8) is 0 Å². The first-order valence-electron chi connectivity index (χ1n) is 7.77. The number of nitrogens with one attached hydrogen (secondary N) is 1. The van der Waals surface area contributed by atoms with Gasteiger partial charge in [-0.15, -0.1) is 0 Å². The summed E-state index contributed by atoms with van der Waals surface area (Å²) in [6.45, 7) is 3.36. The Bertz CT molecular complexity index is 895. The number of amidine groups is 1. The average Bonchev–Trinajstić information content (AvgIpc) is 3.06. The molecule has 1 N–H and O–H groups in total. The highest BCUT2D eigenvalue weighted by molar-refractivity contribution is 6.06. The number of esters is 1. The third-order valence-corrected chi connectivity index (χ3v) is 3.17. The largest absolute Gasteiger partial charge is 0.459 e. The van der Waals surface area contributed by atoms with E-state index in [1.807, 2.05) is 0 Å². The van der Waals surface area contributed by atoms with Crippen LogP contribution in [0.15, 0.2) is 34.4 Å². The number of rotatable bonds is 4. The molecule has 0 spiro atoms.